The van der Waals surface area contributed by atoms with Crippen LogP contribution >= 0.6 is 24.8 Å². The van der Waals surface area contributed by atoms with Gasteiger partial charge in [-0.25, -0.2) is 4.39 Å². The van der Waals surface area contributed by atoms with Gasteiger partial charge in [0, 0.05) is 25.6 Å². The molecule has 2 aliphatic rings. The van der Waals surface area contributed by atoms with Crippen LogP contribution in [0, 0.1) is 17.7 Å². The fourth-order valence-corrected chi connectivity index (χ4v) is 4.42. The highest BCUT2D eigenvalue weighted by Gasteiger charge is 2.47. The Labute approximate surface area is 177 Å². The largest absolute Gasteiger partial charge is 0.331 e. The van der Waals surface area contributed by atoms with E-state index in [1.807, 2.05) is 23.1 Å². The van der Waals surface area contributed by atoms with Gasteiger partial charge < -0.3 is 16.0 Å². The highest BCUT2D eigenvalue weighted by Crippen LogP contribution is 2.43. The second kappa shape index (κ2) is 9.70. The van der Waals surface area contributed by atoms with Gasteiger partial charge in [0.2, 0.25) is 0 Å². The Bertz CT molecular complexity index is 805. The first-order valence-corrected chi connectivity index (χ1v) is 9.24. The Kier molecular flexibility index (Phi) is 7.84. The standard InChI is InChI=1S/C21H24FN3O.2ClH/c22-19-7-6-14(8-9-23)10-17(19)21(26)25-13-16-11-24-12-18(16)20(25)15-4-2-1-3-5-15;;/h1-7,10,16,18,20,24H,8-9,11-13,23H2;2*1H/t16-,18-,20-;;/m0../s1. The number of hydrogen-bond acceptors (Lipinski definition) is 3. The zero-order valence-corrected chi connectivity index (χ0v) is 17.1. The third kappa shape index (κ3) is 4.18. The summed E-state index contributed by atoms with van der Waals surface area (Å²) in [5, 5.41) is 3.43. The zero-order valence-electron chi connectivity index (χ0n) is 15.5. The zero-order chi connectivity index (χ0) is 18.1. The summed E-state index contributed by atoms with van der Waals surface area (Å²) < 4.78 is 14.4. The van der Waals surface area contributed by atoms with Gasteiger partial charge in [-0.1, -0.05) is 36.4 Å². The molecule has 2 aromatic rings. The number of nitrogens with two attached hydrogens (primary N) is 1. The van der Waals surface area contributed by atoms with Crippen LogP contribution in [0.5, 0.6) is 0 Å². The van der Waals surface area contributed by atoms with Gasteiger partial charge in [0.15, 0.2) is 0 Å². The van der Waals surface area contributed by atoms with Gasteiger partial charge >= 0.3 is 0 Å². The van der Waals surface area contributed by atoms with Gasteiger partial charge in [-0.05, 0) is 42.1 Å². The van der Waals surface area contributed by atoms with Crippen molar-refractivity contribution in [2.45, 2.75) is 12.5 Å². The molecule has 0 spiro atoms. The Morgan fingerprint density at radius 1 is 1.14 bits per heavy atom. The molecular formula is C21H26Cl2FN3O. The molecule has 0 radical (unpaired) electrons. The van der Waals surface area contributed by atoms with Crippen LogP contribution in [0.15, 0.2) is 48.5 Å². The number of nitrogens with one attached hydrogen (secondary N) is 1. The lowest BCUT2D eigenvalue weighted by atomic mass is 9.89. The molecule has 3 N–H and O–H groups in total. The summed E-state index contributed by atoms with van der Waals surface area (Å²) in [6.07, 6.45) is 0.637. The fourth-order valence-electron chi connectivity index (χ4n) is 4.42. The maximum absolute atomic E-state index is 14.4. The second-order valence-electron chi connectivity index (χ2n) is 7.25. The van der Waals surface area contributed by atoms with E-state index in [0.29, 0.717) is 31.3 Å². The van der Waals surface area contributed by atoms with Gasteiger partial charge in [-0.3, -0.25) is 4.79 Å². The smallest absolute Gasteiger partial charge is 0.257 e. The summed E-state index contributed by atoms with van der Waals surface area (Å²) in [6.45, 7) is 2.94. The normalized spacial score (nSPS) is 22.9. The molecule has 4 rings (SSSR count). The molecular weight excluding hydrogens is 400 g/mol. The molecule has 2 heterocycles. The van der Waals surface area contributed by atoms with Crippen LogP contribution < -0.4 is 11.1 Å². The number of benzene rings is 2. The highest BCUT2D eigenvalue weighted by atomic mass is 35.5. The van der Waals surface area contributed by atoms with Crippen LogP contribution in [0.3, 0.4) is 0 Å². The number of halogens is 3. The van der Waals surface area contributed by atoms with Gasteiger partial charge in [0.1, 0.15) is 5.82 Å². The molecule has 1 amide bonds. The Hall–Kier alpha value is -1.66. The van der Waals surface area contributed by atoms with E-state index in [4.69, 9.17) is 5.73 Å². The quantitative estimate of drug-likeness (QED) is 0.790. The molecule has 2 aromatic carbocycles. The van der Waals surface area contributed by atoms with E-state index in [2.05, 4.69) is 17.4 Å². The molecule has 2 fully saturated rings. The van der Waals surface area contributed by atoms with Crippen molar-refractivity contribution in [1.82, 2.24) is 10.2 Å². The lowest BCUT2D eigenvalue weighted by Crippen LogP contribution is -2.35. The van der Waals surface area contributed by atoms with Crippen LogP contribution in [0.25, 0.3) is 0 Å². The summed E-state index contributed by atoms with van der Waals surface area (Å²) >= 11 is 0. The summed E-state index contributed by atoms with van der Waals surface area (Å²) in [4.78, 5) is 15.1. The first-order chi connectivity index (χ1) is 12.7. The van der Waals surface area contributed by atoms with Crippen molar-refractivity contribution in [3.8, 4) is 0 Å². The molecule has 2 saturated heterocycles. The van der Waals surface area contributed by atoms with E-state index in [1.54, 1.807) is 12.1 Å². The molecule has 0 aliphatic carbocycles. The first kappa shape index (κ1) is 22.6. The fraction of sp³-hybridized carbons (Fsp3) is 0.381. The van der Waals surface area contributed by atoms with Crippen molar-refractivity contribution in [1.29, 1.82) is 0 Å². The van der Waals surface area contributed by atoms with Crippen molar-refractivity contribution < 1.29 is 9.18 Å². The maximum Gasteiger partial charge on any atom is 0.257 e. The number of carbonyl (C=O) groups excluding carboxylic acids is 1. The summed E-state index contributed by atoms with van der Waals surface area (Å²) in [7, 11) is 0. The summed E-state index contributed by atoms with van der Waals surface area (Å²) in [5.74, 6) is 0.110. The average Bonchev–Trinajstić information content (AvgIpc) is 3.24. The van der Waals surface area contributed by atoms with Crippen molar-refractivity contribution in [2.75, 3.05) is 26.2 Å². The van der Waals surface area contributed by atoms with Crippen molar-refractivity contribution in [2.24, 2.45) is 17.6 Å². The Balaban J connectivity index is 0.00000140. The van der Waals surface area contributed by atoms with Gasteiger partial charge in [0.05, 0.1) is 11.6 Å². The number of rotatable bonds is 4. The van der Waals surface area contributed by atoms with Crippen LogP contribution in [0.2, 0.25) is 0 Å². The SMILES string of the molecule is Cl.Cl.NCCc1ccc(F)c(C(=O)N2C[C@@H]3CNC[C@@H]3[C@@H]2c2ccccc2)c1. The predicted molar refractivity (Wildman–Crippen MR) is 114 cm³/mol. The third-order valence-electron chi connectivity index (χ3n) is 5.66. The molecule has 0 bridgehead atoms. The number of hydrogen-bond donors (Lipinski definition) is 2. The summed E-state index contributed by atoms with van der Waals surface area (Å²) in [6, 6.07) is 14.8. The van der Waals surface area contributed by atoms with E-state index in [-0.39, 0.29) is 42.3 Å². The Morgan fingerprint density at radius 2 is 1.89 bits per heavy atom. The number of amides is 1. The van der Waals surface area contributed by atoms with Gasteiger partial charge in [0.25, 0.3) is 5.91 Å². The lowest BCUT2D eigenvalue weighted by Gasteiger charge is -2.28. The molecule has 28 heavy (non-hydrogen) atoms. The van der Waals surface area contributed by atoms with Crippen LogP contribution in [-0.4, -0.2) is 37.0 Å². The number of carbonyl (C=O) groups is 1. The molecule has 7 heteroatoms. The molecule has 0 saturated carbocycles. The van der Waals surface area contributed by atoms with E-state index in [0.717, 1.165) is 24.2 Å². The number of likely N-dealkylation sites (tertiary alicyclic amines) is 1. The topological polar surface area (TPSA) is 58.4 Å². The average molecular weight is 426 g/mol. The van der Waals surface area contributed by atoms with Crippen LogP contribution in [0.4, 0.5) is 4.39 Å². The number of nitrogens with zero attached hydrogens (tertiary/aromatic N) is 1. The minimum Gasteiger partial charge on any atom is -0.331 e. The minimum absolute atomic E-state index is 0. The minimum atomic E-state index is -0.460. The van der Waals surface area contributed by atoms with E-state index in [9.17, 15) is 9.18 Å². The van der Waals surface area contributed by atoms with Crippen molar-refractivity contribution in [3.05, 3.63) is 71.0 Å². The van der Waals surface area contributed by atoms with Gasteiger partial charge in [-0.15, -0.1) is 24.8 Å². The molecule has 0 unspecified atom stereocenters. The van der Waals surface area contributed by atoms with E-state index < -0.39 is 5.82 Å². The van der Waals surface area contributed by atoms with Crippen LogP contribution in [-0.2, 0) is 6.42 Å². The molecule has 4 nitrogen and oxygen atoms in total. The first-order valence-electron chi connectivity index (χ1n) is 9.24. The number of fused-ring (bicyclic) bond motifs is 1. The third-order valence-corrected chi connectivity index (χ3v) is 5.66. The molecule has 152 valence electrons. The van der Waals surface area contributed by atoms with Crippen molar-refractivity contribution in [3.63, 3.8) is 0 Å². The van der Waals surface area contributed by atoms with Crippen LogP contribution in [0.1, 0.15) is 27.5 Å². The predicted octanol–water partition coefficient (Wildman–Crippen LogP) is 3.20. The molecule has 3 atom stereocenters. The second-order valence-corrected chi connectivity index (χ2v) is 7.25. The Morgan fingerprint density at radius 3 is 2.61 bits per heavy atom. The lowest BCUT2D eigenvalue weighted by molar-refractivity contribution is 0.0709. The van der Waals surface area contributed by atoms with Gasteiger partial charge in [-0.2, -0.15) is 0 Å². The molecule has 0 aromatic heterocycles. The summed E-state index contributed by atoms with van der Waals surface area (Å²) in [5.41, 5.74) is 7.79. The van der Waals surface area contributed by atoms with E-state index in [1.165, 1.54) is 6.07 Å². The highest BCUT2D eigenvalue weighted by molar-refractivity contribution is 5.95. The van der Waals surface area contributed by atoms with Crippen molar-refractivity contribution >= 4 is 30.7 Å². The maximum atomic E-state index is 14.4. The van der Waals surface area contributed by atoms with E-state index >= 15 is 0 Å². The monoisotopic (exact) mass is 425 g/mol. The molecule has 2 aliphatic heterocycles.